The van der Waals surface area contributed by atoms with E-state index < -0.39 is 0 Å². The van der Waals surface area contributed by atoms with Crippen molar-refractivity contribution in [2.24, 2.45) is 0 Å². The summed E-state index contributed by atoms with van der Waals surface area (Å²) in [6, 6.07) is 12.9. The van der Waals surface area contributed by atoms with Gasteiger partial charge in [-0.05, 0) is 28.1 Å². The highest BCUT2D eigenvalue weighted by Crippen LogP contribution is 2.29. The molecule has 0 fully saturated rings. The van der Waals surface area contributed by atoms with Crippen LogP contribution in [0.25, 0.3) is 16.9 Å². The highest BCUT2D eigenvalue weighted by atomic mass is 79.9. The fraction of sp³-hybridized carbons (Fsp3) is 0. The van der Waals surface area contributed by atoms with Crippen LogP contribution in [0.4, 0.5) is 4.39 Å². The Morgan fingerprint density at radius 2 is 1.82 bits per heavy atom. The standard InChI is InChI=1S/C13H8BrFN2/c14-12-11(9-5-2-1-3-6-9)17-8-4-7-10(15)13(17)16-12/h1-8H. The van der Waals surface area contributed by atoms with Crippen LogP contribution in [0.5, 0.6) is 0 Å². The van der Waals surface area contributed by atoms with Gasteiger partial charge in [0.1, 0.15) is 4.60 Å². The van der Waals surface area contributed by atoms with Gasteiger partial charge >= 0.3 is 0 Å². The summed E-state index contributed by atoms with van der Waals surface area (Å²) in [4.78, 5) is 4.19. The largest absolute Gasteiger partial charge is 0.296 e. The molecule has 0 saturated carbocycles. The van der Waals surface area contributed by atoms with Crippen LogP contribution >= 0.6 is 15.9 Å². The average Bonchev–Trinajstić information content (AvgIpc) is 2.68. The molecule has 0 spiro atoms. The van der Waals surface area contributed by atoms with E-state index in [0.717, 1.165) is 11.3 Å². The summed E-state index contributed by atoms with van der Waals surface area (Å²) in [5.41, 5.74) is 2.19. The summed E-state index contributed by atoms with van der Waals surface area (Å²) in [7, 11) is 0. The Kier molecular flexibility index (Phi) is 2.44. The predicted octanol–water partition coefficient (Wildman–Crippen LogP) is 3.90. The Hall–Kier alpha value is -1.68. The van der Waals surface area contributed by atoms with Crippen molar-refractivity contribution in [3.05, 3.63) is 59.1 Å². The molecule has 0 unspecified atom stereocenters. The fourth-order valence-electron chi connectivity index (χ4n) is 1.86. The minimum Gasteiger partial charge on any atom is -0.296 e. The minimum absolute atomic E-state index is 0.324. The molecule has 2 aromatic heterocycles. The van der Waals surface area contributed by atoms with Crippen molar-refractivity contribution in [3.63, 3.8) is 0 Å². The topological polar surface area (TPSA) is 17.3 Å². The van der Waals surface area contributed by atoms with Gasteiger partial charge in [-0.15, -0.1) is 0 Å². The smallest absolute Gasteiger partial charge is 0.174 e. The van der Waals surface area contributed by atoms with Crippen molar-refractivity contribution in [1.82, 2.24) is 9.38 Å². The molecule has 0 N–H and O–H groups in total. The summed E-state index contributed by atoms with van der Waals surface area (Å²) in [5, 5.41) is 0. The first-order chi connectivity index (χ1) is 8.27. The molecule has 0 saturated heterocycles. The number of aromatic nitrogens is 2. The third kappa shape index (κ3) is 1.65. The monoisotopic (exact) mass is 290 g/mol. The minimum atomic E-state index is -0.324. The molecule has 2 heterocycles. The zero-order valence-corrected chi connectivity index (χ0v) is 10.4. The van der Waals surface area contributed by atoms with E-state index in [0.29, 0.717) is 10.3 Å². The second-order valence-electron chi connectivity index (χ2n) is 3.67. The van der Waals surface area contributed by atoms with Gasteiger partial charge in [0.15, 0.2) is 11.5 Å². The van der Waals surface area contributed by atoms with Crippen molar-refractivity contribution < 1.29 is 4.39 Å². The van der Waals surface area contributed by atoms with E-state index in [1.807, 2.05) is 30.3 Å². The molecule has 0 aliphatic heterocycles. The van der Waals surface area contributed by atoms with E-state index in [1.54, 1.807) is 16.7 Å². The number of fused-ring (bicyclic) bond motifs is 1. The van der Waals surface area contributed by atoms with Gasteiger partial charge in [0.25, 0.3) is 0 Å². The Bertz CT molecular complexity index is 676. The van der Waals surface area contributed by atoms with E-state index in [2.05, 4.69) is 20.9 Å². The lowest BCUT2D eigenvalue weighted by atomic mass is 10.2. The highest BCUT2D eigenvalue weighted by Gasteiger charge is 2.13. The zero-order valence-electron chi connectivity index (χ0n) is 8.77. The second kappa shape index (κ2) is 3.96. The number of nitrogens with zero attached hydrogens (tertiary/aromatic N) is 2. The lowest BCUT2D eigenvalue weighted by Crippen LogP contribution is -1.90. The predicted molar refractivity (Wildman–Crippen MR) is 68.3 cm³/mol. The van der Waals surface area contributed by atoms with E-state index in [4.69, 9.17) is 0 Å². The molecule has 84 valence electrons. The van der Waals surface area contributed by atoms with Crippen LogP contribution in [-0.4, -0.2) is 9.38 Å². The van der Waals surface area contributed by atoms with Crippen molar-refractivity contribution in [2.75, 3.05) is 0 Å². The number of benzene rings is 1. The first kappa shape index (κ1) is 10.5. The first-order valence-electron chi connectivity index (χ1n) is 5.15. The van der Waals surface area contributed by atoms with Gasteiger partial charge in [-0.1, -0.05) is 30.3 Å². The maximum Gasteiger partial charge on any atom is 0.174 e. The zero-order chi connectivity index (χ0) is 11.8. The molecule has 0 radical (unpaired) electrons. The third-order valence-electron chi connectivity index (χ3n) is 2.61. The number of hydrogen-bond donors (Lipinski definition) is 0. The molecule has 1 aromatic carbocycles. The molecule has 0 atom stereocenters. The van der Waals surface area contributed by atoms with E-state index in [1.165, 1.54) is 6.07 Å². The number of pyridine rings is 1. The maximum absolute atomic E-state index is 13.6. The number of imidazole rings is 1. The number of hydrogen-bond acceptors (Lipinski definition) is 1. The molecule has 4 heteroatoms. The molecular formula is C13H8BrFN2. The molecule has 0 amide bonds. The van der Waals surface area contributed by atoms with Crippen LogP contribution in [0, 0.1) is 5.82 Å². The van der Waals surface area contributed by atoms with Gasteiger partial charge in [0.2, 0.25) is 0 Å². The Balaban J connectivity index is 2.37. The van der Waals surface area contributed by atoms with Gasteiger partial charge < -0.3 is 0 Å². The Morgan fingerprint density at radius 3 is 2.59 bits per heavy atom. The fourth-order valence-corrected chi connectivity index (χ4v) is 2.45. The van der Waals surface area contributed by atoms with Crippen LogP contribution in [0.15, 0.2) is 53.3 Å². The normalized spacial score (nSPS) is 10.9. The lowest BCUT2D eigenvalue weighted by Gasteiger charge is -2.02. The van der Waals surface area contributed by atoms with Gasteiger partial charge in [-0.3, -0.25) is 4.40 Å². The quantitative estimate of drug-likeness (QED) is 0.664. The molecule has 0 aliphatic carbocycles. The van der Waals surface area contributed by atoms with Crippen LogP contribution in [0.3, 0.4) is 0 Å². The second-order valence-corrected chi connectivity index (χ2v) is 4.42. The number of halogens is 2. The molecule has 17 heavy (non-hydrogen) atoms. The molecule has 2 nitrogen and oxygen atoms in total. The highest BCUT2D eigenvalue weighted by molar-refractivity contribution is 9.10. The van der Waals surface area contributed by atoms with Gasteiger partial charge in [0.05, 0.1) is 5.69 Å². The molecular weight excluding hydrogens is 283 g/mol. The van der Waals surface area contributed by atoms with Crippen LogP contribution in [0.1, 0.15) is 0 Å². The van der Waals surface area contributed by atoms with E-state index >= 15 is 0 Å². The maximum atomic E-state index is 13.6. The van der Waals surface area contributed by atoms with Crippen molar-refractivity contribution in [2.45, 2.75) is 0 Å². The van der Waals surface area contributed by atoms with Crippen LogP contribution in [0.2, 0.25) is 0 Å². The van der Waals surface area contributed by atoms with Gasteiger partial charge in [0, 0.05) is 11.8 Å². The SMILES string of the molecule is Fc1cccn2c(-c3ccccc3)c(Br)nc12. The van der Waals surface area contributed by atoms with Gasteiger partial charge in [-0.2, -0.15) is 0 Å². The van der Waals surface area contributed by atoms with Crippen molar-refractivity contribution in [1.29, 1.82) is 0 Å². The summed E-state index contributed by atoms with van der Waals surface area (Å²) in [6.45, 7) is 0. The van der Waals surface area contributed by atoms with Crippen molar-refractivity contribution >= 4 is 21.6 Å². The van der Waals surface area contributed by atoms with Crippen LogP contribution < -0.4 is 0 Å². The Labute approximate surface area is 106 Å². The lowest BCUT2D eigenvalue weighted by molar-refractivity contribution is 0.630. The van der Waals surface area contributed by atoms with Crippen LogP contribution in [-0.2, 0) is 0 Å². The van der Waals surface area contributed by atoms with E-state index in [9.17, 15) is 4.39 Å². The summed E-state index contributed by atoms with van der Waals surface area (Å²) < 4.78 is 16.0. The molecule has 3 aromatic rings. The Morgan fingerprint density at radius 1 is 1.06 bits per heavy atom. The molecule has 0 bridgehead atoms. The summed E-state index contributed by atoms with van der Waals surface area (Å²) in [5.74, 6) is -0.324. The number of rotatable bonds is 1. The van der Waals surface area contributed by atoms with Gasteiger partial charge in [-0.25, -0.2) is 9.37 Å². The van der Waals surface area contributed by atoms with E-state index in [-0.39, 0.29) is 5.82 Å². The third-order valence-corrected chi connectivity index (χ3v) is 3.16. The molecule has 3 rings (SSSR count). The first-order valence-corrected chi connectivity index (χ1v) is 5.94. The summed E-state index contributed by atoms with van der Waals surface area (Å²) in [6.07, 6.45) is 1.80. The van der Waals surface area contributed by atoms with Crippen molar-refractivity contribution in [3.8, 4) is 11.3 Å². The molecule has 0 aliphatic rings. The average molecular weight is 291 g/mol. The summed E-state index contributed by atoms with van der Waals surface area (Å²) >= 11 is 3.38.